The first-order valence-electron chi connectivity index (χ1n) is 6.38. The third-order valence-corrected chi connectivity index (χ3v) is 3.29. The molecule has 1 fully saturated rings. The van der Waals surface area contributed by atoms with Crippen LogP contribution in [0.1, 0.15) is 41.7 Å². The third-order valence-electron chi connectivity index (χ3n) is 3.29. The van der Waals surface area contributed by atoms with Crippen molar-refractivity contribution in [2.24, 2.45) is 5.73 Å². The lowest BCUT2D eigenvalue weighted by Gasteiger charge is -2.23. The second-order valence-corrected chi connectivity index (χ2v) is 4.74. The zero-order valence-electron chi connectivity index (χ0n) is 11.3. The van der Waals surface area contributed by atoms with Gasteiger partial charge in [-0.1, -0.05) is 6.92 Å². The first kappa shape index (κ1) is 13.4. The molecule has 5 nitrogen and oxygen atoms in total. The van der Waals surface area contributed by atoms with E-state index in [1.54, 1.807) is 0 Å². The van der Waals surface area contributed by atoms with Crippen molar-refractivity contribution in [3.05, 3.63) is 22.8 Å². The molecule has 2 heterocycles. The molecule has 1 aliphatic heterocycles. The molecular formula is C13H21N3O2. The van der Waals surface area contributed by atoms with Crippen LogP contribution in [0.3, 0.4) is 0 Å². The molecule has 0 aliphatic carbocycles. The van der Waals surface area contributed by atoms with Gasteiger partial charge in [-0.2, -0.15) is 0 Å². The summed E-state index contributed by atoms with van der Waals surface area (Å²) in [6.45, 7) is 8.49. The van der Waals surface area contributed by atoms with E-state index in [1.165, 1.54) is 0 Å². The van der Waals surface area contributed by atoms with E-state index in [-0.39, 0.29) is 12.0 Å². The van der Waals surface area contributed by atoms with Gasteiger partial charge in [-0.25, -0.2) is 9.97 Å². The summed E-state index contributed by atoms with van der Waals surface area (Å²) >= 11 is 0. The molecule has 1 aromatic rings. The third kappa shape index (κ3) is 2.68. The lowest BCUT2D eigenvalue weighted by Crippen LogP contribution is -2.25. The standard InChI is InChI=1S/C13H21N3O2/c1-8(6-14)12-9(2)15-13(16-10(12)3)11-7-17-4-5-18-11/h8,11H,4-7,14H2,1-3H3. The Hall–Kier alpha value is -1.04. The minimum atomic E-state index is -0.140. The number of nitrogens with two attached hydrogens (primary N) is 1. The quantitative estimate of drug-likeness (QED) is 0.875. The van der Waals surface area contributed by atoms with Crippen LogP contribution < -0.4 is 5.73 Å². The van der Waals surface area contributed by atoms with Gasteiger partial charge in [0.2, 0.25) is 0 Å². The van der Waals surface area contributed by atoms with Crippen LogP contribution in [0.5, 0.6) is 0 Å². The average Bonchev–Trinajstić information content (AvgIpc) is 2.38. The zero-order valence-corrected chi connectivity index (χ0v) is 11.3. The number of ether oxygens (including phenoxy) is 2. The van der Waals surface area contributed by atoms with Crippen LogP contribution in [0, 0.1) is 13.8 Å². The van der Waals surface area contributed by atoms with Gasteiger partial charge in [0, 0.05) is 11.4 Å². The fourth-order valence-electron chi connectivity index (χ4n) is 2.36. The van der Waals surface area contributed by atoms with Crippen LogP contribution in [0.25, 0.3) is 0 Å². The number of hydrogen-bond donors (Lipinski definition) is 1. The molecule has 2 rings (SSSR count). The van der Waals surface area contributed by atoms with Crippen LogP contribution in [-0.4, -0.2) is 36.3 Å². The number of nitrogens with zero attached hydrogens (tertiary/aromatic N) is 2. The first-order valence-corrected chi connectivity index (χ1v) is 6.38. The summed E-state index contributed by atoms with van der Waals surface area (Å²) in [5.41, 5.74) is 8.85. The fraction of sp³-hybridized carbons (Fsp3) is 0.692. The molecule has 5 heteroatoms. The molecule has 2 N–H and O–H groups in total. The van der Waals surface area contributed by atoms with E-state index in [1.807, 2.05) is 13.8 Å². The SMILES string of the molecule is Cc1nc(C2COCCO2)nc(C)c1C(C)CN. The zero-order chi connectivity index (χ0) is 13.1. The highest BCUT2D eigenvalue weighted by molar-refractivity contribution is 5.28. The summed E-state index contributed by atoms with van der Waals surface area (Å²) in [6.07, 6.45) is -0.140. The predicted octanol–water partition coefficient (Wildman–Crippen LogP) is 1.24. The van der Waals surface area contributed by atoms with Gasteiger partial charge in [0.05, 0.1) is 19.8 Å². The van der Waals surface area contributed by atoms with Crippen molar-refractivity contribution >= 4 is 0 Å². The molecule has 1 saturated heterocycles. The van der Waals surface area contributed by atoms with E-state index in [4.69, 9.17) is 15.2 Å². The van der Waals surface area contributed by atoms with E-state index in [9.17, 15) is 0 Å². The van der Waals surface area contributed by atoms with Gasteiger partial charge in [-0.15, -0.1) is 0 Å². The van der Waals surface area contributed by atoms with Gasteiger partial charge in [0.15, 0.2) is 5.82 Å². The van der Waals surface area contributed by atoms with Crippen LogP contribution in [0.15, 0.2) is 0 Å². The summed E-state index contributed by atoms with van der Waals surface area (Å²) < 4.78 is 11.0. The monoisotopic (exact) mass is 251 g/mol. The van der Waals surface area contributed by atoms with Crippen LogP contribution >= 0.6 is 0 Å². The number of hydrogen-bond acceptors (Lipinski definition) is 5. The molecule has 18 heavy (non-hydrogen) atoms. The summed E-state index contributed by atoms with van der Waals surface area (Å²) in [6, 6.07) is 0. The summed E-state index contributed by atoms with van der Waals surface area (Å²) in [4.78, 5) is 9.11. The lowest BCUT2D eigenvalue weighted by molar-refractivity contribution is -0.0936. The second kappa shape index (κ2) is 5.73. The predicted molar refractivity (Wildman–Crippen MR) is 68.5 cm³/mol. The molecule has 100 valence electrons. The van der Waals surface area contributed by atoms with E-state index < -0.39 is 0 Å². The van der Waals surface area contributed by atoms with E-state index in [0.29, 0.717) is 26.4 Å². The van der Waals surface area contributed by atoms with Gasteiger partial charge in [0.25, 0.3) is 0 Å². The van der Waals surface area contributed by atoms with E-state index in [2.05, 4.69) is 16.9 Å². The number of aryl methyl sites for hydroxylation is 2. The largest absolute Gasteiger partial charge is 0.376 e. The Labute approximate surface area is 108 Å². The maximum atomic E-state index is 5.72. The topological polar surface area (TPSA) is 70.3 Å². The minimum absolute atomic E-state index is 0.140. The molecule has 0 aromatic carbocycles. The Morgan fingerprint density at radius 3 is 2.44 bits per heavy atom. The highest BCUT2D eigenvalue weighted by atomic mass is 16.6. The van der Waals surface area contributed by atoms with Crippen molar-refractivity contribution in [3.63, 3.8) is 0 Å². The first-order chi connectivity index (χ1) is 8.63. The molecule has 2 unspecified atom stereocenters. The van der Waals surface area contributed by atoms with E-state index in [0.717, 1.165) is 22.8 Å². The molecule has 1 aliphatic rings. The maximum Gasteiger partial charge on any atom is 0.160 e. The summed E-state index contributed by atoms with van der Waals surface area (Å²) in [7, 11) is 0. The molecule has 0 amide bonds. The smallest absolute Gasteiger partial charge is 0.160 e. The molecule has 2 atom stereocenters. The Morgan fingerprint density at radius 1 is 1.28 bits per heavy atom. The number of rotatable bonds is 3. The molecule has 1 aromatic heterocycles. The van der Waals surface area contributed by atoms with Gasteiger partial charge >= 0.3 is 0 Å². The number of aromatic nitrogens is 2. The van der Waals surface area contributed by atoms with Crippen molar-refractivity contribution in [2.45, 2.75) is 32.8 Å². The highest BCUT2D eigenvalue weighted by Gasteiger charge is 2.22. The van der Waals surface area contributed by atoms with Crippen LogP contribution in [0.4, 0.5) is 0 Å². The molecular weight excluding hydrogens is 230 g/mol. The summed E-state index contributed by atoms with van der Waals surface area (Å²) in [5, 5.41) is 0. The average molecular weight is 251 g/mol. The second-order valence-electron chi connectivity index (χ2n) is 4.74. The van der Waals surface area contributed by atoms with Crippen LogP contribution in [-0.2, 0) is 9.47 Å². The van der Waals surface area contributed by atoms with Crippen molar-refractivity contribution < 1.29 is 9.47 Å². The maximum absolute atomic E-state index is 5.72. The minimum Gasteiger partial charge on any atom is -0.376 e. The Morgan fingerprint density at radius 2 is 1.94 bits per heavy atom. The molecule has 0 bridgehead atoms. The normalized spacial score (nSPS) is 21.9. The fourth-order valence-corrected chi connectivity index (χ4v) is 2.36. The van der Waals surface area contributed by atoms with Gasteiger partial charge < -0.3 is 15.2 Å². The van der Waals surface area contributed by atoms with Crippen LogP contribution in [0.2, 0.25) is 0 Å². The van der Waals surface area contributed by atoms with Gasteiger partial charge in [-0.05, 0) is 31.9 Å². The van der Waals surface area contributed by atoms with Crippen molar-refractivity contribution in [1.29, 1.82) is 0 Å². The van der Waals surface area contributed by atoms with Gasteiger partial charge in [-0.3, -0.25) is 0 Å². The molecule has 0 saturated carbocycles. The van der Waals surface area contributed by atoms with E-state index >= 15 is 0 Å². The Bertz CT molecular complexity index is 394. The van der Waals surface area contributed by atoms with Crippen molar-refractivity contribution in [1.82, 2.24) is 9.97 Å². The molecule has 0 radical (unpaired) electrons. The van der Waals surface area contributed by atoms with Crippen molar-refractivity contribution in [3.8, 4) is 0 Å². The highest BCUT2D eigenvalue weighted by Crippen LogP contribution is 2.24. The Balaban J connectivity index is 2.29. The summed E-state index contributed by atoms with van der Waals surface area (Å²) in [5.74, 6) is 1.00. The van der Waals surface area contributed by atoms with Crippen molar-refractivity contribution in [2.75, 3.05) is 26.4 Å². The Kier molecular flexibility index (Phi) is 4.27. The molecule has 0 spiro atoms. The lowest BCUT2D eigenvalue weighted by atomic mass is 9.98. The van der Waals surface area contributed by atoms with Gasteiger partial charge in [0.1, 0.15) is 6.10 Å².